The first-order valence-electron chi connectivity index (χ1n) is 8.06. The van der Waals surface area contributed by atoms with E-state index in [4.69, 9.17) is 0 Å². The molecule has 0 aliphatic heterocycles. The van der Waals surface area contributed by atoms with Gasteiger partial charge in [0.05, 0.1) is 0 Å². The number of hydrogen-bond donors (Lipinski definition) is 1. The summed E-state index contributed by atoms with van der Waals surface area (Å²) in [7, 11) is 0. The van der Waals surface area contributed by atoms with Gasteiger partial charge in [0.25, 0.3) is 0 Å². The van der Waals surface area contributed by atoms with Crippen LogP contribution in [0.3, 0.4) is 0 Å². The first-order valence-corrected chi connectivity index (χ1v) is 8.06. The summed E-state index contributed by atoms with van der Waals surface area (Å²) in [5, 5.41) is 3.97. The highest BCUT2D eigenvalue weighted by atomic mass is 15.0. The minimum Gasteiger partial charge on any atom is -0.311 e. The summed E-state index contributed by atoms with van der Waals surface area (Å²) < 4.78 is 0. The maximum atomic E-state index is 3.97. The van der Waals surface area contributed by atoms with Crippen LogP contribution in [-0.2, 0) is 0 Å². The van der Waals surface area contributed by atoms with E-state index >= 15 is 0 Å². The number of hydrogen-bond acceptors (Lipinski definition) is 1. The van der Waals surface area contributed by atoms with Crippen molar-refractivity contribution in [3.8, 4) is 0 Å². The lowest BCUT2D eigenvalue weighted by Gasteiger charge is -2.36. The van der Waals surface area contributed by atoms with E-state index in [-0.39, 0.29) is 0 Å². The quantitative estimate of drug-likeness (QED) is 0.743. The van der Waals surface area contributed by atoms with Crippen molar-refractivity contribution < 1.29 is 0 Å². The van der Waals surface area contributed by atoms with Gasteiger partial charge in [-0.25, -0.2) is 0 Å². The summed E-state index contributed by atoms with van der Waals surface area (Å²) in [5.41, 5.74) is 0. The normalized spacial score (nSPS) is 48.6. The Balaban J connectivity index is 1.54. The standard InChI is InChI=1S/C17H29N/c1-11-6-12(2)8-16(7-11)18-13(3)17-10-14-4-5-15(17)9-14/h4-5,11-18H,6-10H2,1-3H3. The summed E-state index contributed by atoms with van der Waals surface area (Å²) in [4.78, 5) is 0. The molecule has 0 amide bonds. The third-order valence-electron chi connectivity index (χ3n) is 5.65. The van der Waals surface area contributed by atoms with Crippen LogP contribution in [0.1, 0.15) is 52.9 Å². The molecule has 3 aliphatic carbocycles. The first kappa shape index (κ1) is 12.7. The zero-order valence-electron chi connectivity index (χ0n) is 12.2. The molecule has 0 spiro atoms. The number of fused-ring (bicyclic) bond motifs is 2. The van der Waals surface area contributed by atoms with Gasteiger partial charge in [-0.3, -0.25) is 0 Å². The molecule has 0 heterocycles. The second-order valence-corrected chi connectivity index (χ2v) is 7.51. The van der Waals surface area contributed by atoms with Gasteiger partial charge in [-0.2, -0.15) is 0 Å². The molecule has 1 heteroatoms. The van der Waals surface area contributed by atoms with Gasteiger partial charge in [-0.05, 0) is 68.6 Å². The summed E-state index contributed by atoms with van der Waals surface area (Å²) in [6, 6.07) is 1.49. The van der Waals surface area contributed by atoms with E-state index in [9.17, 15) is 0 Å². The zero-order chi connectivity index (χ0) is 12.7. The van der Waals surface area contributed by atoms with Crippen molar-refractivity contribution in [2.75, 3.05) is 0 Å². The minimum atomic E-state index is 0.715. The predicted octanol–water partition coefficient (Wildman–Crippen LogP) is 4.00. The van der Waals surface area contributed by atoms with Crippen LogP contribution in [0.25, 0.3) is 0 Å². The van der Waals surface area contributed by atoms with Gasteiger partial charge in [-0.1, -0.05) is 26.0 Å². The average molecular weight is 247 g/mol. The lowest BCUT2D eigenvalue weighted by Crippen LogP contribution is -2.45. The van der Waals surface area contributed by atoms with E-state index < -0.39 is 0 Å². The summed E-state index contributed by atoms with van der Waals surface area (Å²) in [6.45, 7) is 7.29. The van der Waals surface area contributed by atoms with Gasteiger partial charge >= 0.3 is 0 Å². The summed E-state index contributed by atoms with van der Waals surface area (Å²) >= 11 is 0. The predicted molar refractivity (Wildman–Crippen MR) is 77.4 cm³/mol. The number of rotatable bonds is 3. The van der Waals surface area contributed by atoms with Crippen LogP contribution < -0.4 is 5.32 Å². The van der Waals surface area contributed by atoms with Crippen LogP contribution in [-0.4, -0.2) is 12.1 Å². The fraction of sp³-hybridized carbons (Fsp3) is 0.882. The molecule has 2 fully saturated rings. The highest BCUT2D eigenvalue weighted by molar-refractivity contribution is 5.11. The molecule has 0 aromatic carbocycles. The molecule has 2 bridgehead atoms. The van der Waals surface area contributed by atoms with E-state index in [1.807, 2.05) is 0 Å². The molecule has 102 valence electrons. The SMILES string of the molecule is CC1CC(C)CC(NC(C)C2CC3C=CC2C3)C1. The van der Waals surface area contributed by atoms with Crippen LogP contribution >= 0.6 is 0 Å². The Morgan fingerprint density at radius 1 is 0.944 bits per heavy atom. The molecule has 0 aromatic rings. The molecule has 18 heavy (non-hydrogen) atoms. The Kier molecular flexibility index (Phi) is 3.53. The second kappa shape index (κ2) is 5.00. The molecule has 0 radical (unpaired) electrons. The van der Waals surface area contributed by atoms with Gasteiger partial charge in [0.1, 0.15) is 0 Å². The molecule has 1 N–H and O–H groups in total. The number of nitrogens with one attached hydrogen (secondary N) is 1. The topological polar surface area (TPSA) is 12.0 Å². The molecule has 3 aliphatic rings. The Labute approximate surface area is 112 Å². The Hall–Kier alpha value is -0.300. The van der Waals surface area contributed by atoms with E-state index in [1.165, 1.54) is 32.1 Å². The van der Waals surface area contributed by atoms with Gasteiger partial charge in [0.15, 0.2) is 0 Å². The lowest BCUT2D eigenvalue weighted by molar-refractivity contribution is 0.203. The molecule has 3 rings (SSSR count). The molecule has 0 aromatic heterocycles. The van der Waals surface area contributed by atoms with Crippen LogP contribution in [0.4, 0.5) is 0 Å². The minimum absolute atomic E-state index is 0.715. The third kappa shape index (κ3) is 2.52. The summed E-state index contributed by atoms with van der Waals surface area (Å²) in [5.74, 6) is 4.54. The number of allylic oxidation sites excluding steroid dienone is 2. The Morgan fingerprint density at radius 2 is 1.67 bits per heavy atom. The third-order valence-corrected chi connectivity index (χ3v) is 5.65. The van der Waals surface area contributed by atoms with E-state index in [2.05, 4.69) is 38.2 Å². The zero-order valence-corrected chi connectivity index (χ0v) is 12.2. The smallest absolute Gasteiger partial charge is 0.00754 e. The fourth-order valence-electron chi connectivity index (χ4n) is 4.98. The van der Waals surface area contributed by atoms with E-state index in [1.54, 1.807) is 0 Å². The van der Waals surface area contributed by atoms with Crippen molar-refractivity contribution in [1.29, 1.82) is 0 Å². The fourth-order valence-corrected chi connectivity index (χ4v) is 4.98. The van der Waals surface area contributed by atoms with E-state index in [0.717, 1.165) is 35.6 Å². The van der Waals surface area contributed by atoms with Crippen molar-refractivity contribution in [1.82, 2.24) is 5.32 Å². The van der Waals surface area contributed by atoms with Crippen LogP contribution in [0, 0.1) is 29.6 Å². The van der Waals surface area contributed by atoms with Gasteiger partial charge in [0, 0.05) is 12.1 Å². The highest BCUT2D eigenvalue weighted by Crippen LogP contribution is 2.45. The van der Waals surface area contributed by atoms with Crippen LogP contribution in [0.15, 0.2) is 12.2 Å². The molecular formula is C17H29N. The lowest BCUT2D eigenvalue weighted by atomic mass is 9.79. The van der Waals surface area contributed by atoms with Crippen molar-refractivity contribution >= 4 is 0 Å². The molecular weight excluding hydrogens is 218 g/mol. The highest BCUT2D eigenvalue weighted by Gasteiger charge is 2.39. The van der Waals surface area contributed by atoms with Gasteiger partial charge in [-0.15, -0.1) is 0 Å². The summed E-state index contributed by atoms with van der Waals surface area (Å²) in [6.07, 6.45) is 12.0. The van der Waals surface area contributed by atoms with Crippen LogP contribution in [0.5, 0.6) is 0 Å². The largest absolute Gasteiger partial charge is 0.311 e. The van der Waals surface area contributed by atoms with Crippen molar-refractivity contribution in [2.45, 2.75) is 65.0 Å². The molecule has 6 unspecified atom stereocenters. The monoisotopic (exact) mass is 247 g/mol. The molecule has 6 atom stereocenters. The Morgan fingerprint density at radius 3 is 2.22 bits per heavy atom. The second-order valence-electron chi connectivity index (χ2n) is 7.51. The average Bonchev–Trinajstić information content (AvgIpc) is 2.88. The molecule has 0 saturated heterocycles. The van der Waals surface area contributed by atoms with Crippen molar-refractivity contribution in [3.63, 3.8) is 0 Å². The van der Waals surface area contributed by atoms with Gasteiger partial charge in [0.2, 0.25) is 0 Å². The maximum Gasteiger partial charge on any atom is 0.00754 e. The first-order chi connectivity index (χ1) is 8.61. The molecule has 1 nitrogen and oxygen atoms in total. The van der Waals surface area contributed by atoms with Gasteiger partial charge < -0.3 is 5.32 Å². The molecule has 2 saturated carbocycles. The van der Waals surface area contributed by atoms with Crippen molar-refractivity contribution in [3.05, 3.63) is 12.2 Å². The van der Waals surface area contributed by atoms with Crippen molar-refractivity contribution in [2.24, 2.45) is 29.6 Å². The Bertz CT molecular complexity index is 312. The maximum absolute atomic E-state index is 3.97. The van der Waals surface area contributed by atoms with E-state index in [0.29, 0.717) is 6.04 Å². The van der Waals surface area contributed by atoms with Crippen LogP contribution in [0.2, 0.25) is 0 Å².